The van der Waals surface area contributed by atoms with E-state index in [1.165, 1.54) is 16.4 Å². The number of hydrogen-bond acceptors (Lipinski definition) is 4. The van der Waals surface area contributed by atoms with Gasteiger partial charge >= 0.3 is 0 Å². The van der Waals surface area contributed by atoms with Crippen molar-refractivity contribution in [2.24, 2.45) is 5.92 Å². The first-order chi connectivity index (χ1) is 10.4. The molecule has 1 aromatic carbocycles. The highest BCUT2D eigenvalue weighted by Gasteiger charge is 2.30. The van der Waals surface area contributed by atoms with Gasteiger partial charge in [0.15, 0.2) is 0 Å². The van der Waals surface area contributed by atoms with Crippen molar-refractivity contribution in [1.82, 2.24) is 9.21 Å². The highest BCUT2D eigenvalue weighted by atomic mass is 32.2. The van der Waals surface area contributed by atoms with E-state index in [0.717, 1.165) is 0 Å². The van der Waals surface area contributed by atoms with Crippen LogP contribution in [-0.4, -0.2) is 49.7 Å². The van der Waals surface area contributed by atoms with Crippen LogP contribution in [-0.2, 0) is 14.8 Å². The molecular formula is C15H19N3O3S. The van der Waals surface area contributed by atoms with Crippen molar-refractivity contribution in [2.45, 2.75) is 18.7 Å². The summed E-state index contributed by atoms with van der Waals surface area (Å²) >= 11 is 0. The third kappa shape index (κ3) is 3.29. The summed E-state index contributed by atoms with van der Waals surface area (Å²) in [7, 11) is -3.62. The van der Waals surface area contributed by atoms with Crippen molar-refractivity contribution in [3.63, 3.8) is 0 Å². The first-order valence-corrected chi connectivity index (χ1v) is 8.59. The molecule has 1 aromatic rings. The SMILES string of the molecule is CC(C)C(=O)N1CCN(S(=O)(=O)c2cccc(C#N)c2)CC1. The lowest BCUT2D eigenvalue weighted by atomic mass is 10.2. The lowest BCUT2D eigenvalue weighted by Gasteiger charge is -2.34. The fourth-order valence-corrected chi connectivity index (χ4v) is 3.86. The zero-order valence-electron chi connectivity index (χ0n) is 12.7. The minimum absolute atomic E-state index is 0.0449. The van der Waals surface area contributed by atoms with Gasteiger partial charge in [0.25, 0.3) is 0 Å². The summed E-state index contributed by atoms with van der Waals surface area (Å²) in [5, 5.41) is 8.88. The average Bonchev–Trinajstić information content (AvgIpc) is 2.54. The molecule has 22 heavy (non-hydrogen) atoms. The van der Waals surface area contributed by atoms with Gasteiger partial charge in [0.2, 0.25) is 15.9 Å². The van der Waals surface area contributed by atoms with Gasteiger partial charge in [0.1, 0.15) is 0 Å². The molecule has 0 spiro atoms. The largest absolute Gasteiger partial charge is 0.340 e. The number of rotatable bonds is 3. The molecule has 7 heteroatoms. The molecule has 1 amide bonds. The normalized spacial score (nSPS) is 16.5. The predicted octanol–water partition coefficient (Wildman–Crippen LogP) is 1.05. The molecule has 0 N–H and O–H groups in total. The van der Waals surface area contributed by atoms with E-state index in [9.17, 15) is 13.2 Å². The Hall–Kier alpha value is -1.91. The van der Waals surface area contributed by atoms with Crippen molar-refractivity contribution in [3.05, 3.63) is 29.8 Å². The second kappa shape index (κ2) is 6.46. The van der Waals surface area contributed by atoms with Crippen LogP contribution in [0.25, 0.3) is 0 Å². The Balaban J connectivity index is 2.13. The number of nitrogens with zero attached hydrogens (tertiary/aromatic N) is 3. The van der Waals surface area contributed by atoms with E-state index in [-0.39, 0.29) is 29.8 Å². The number of nitriles is 1. The Labute approximate surface area is 131 Å². The van der Waals surface area contributed by atoms with Crippen molar-refractivity contribution in [2.75, 3.05) is 26.2 Å². The van der Waals surface area contributed by atoms with Gasteiger partial charge in [-0.05, 0) is 18.2 Å². The number of amides is 1. The lowest BCUT2D eigenvalue weighted by Crippen LogP contribution is -2.51. The molecule has 2 rings (SSSR count). The van der Waals surface area contributed by atoms with Gasteiger partial charge in [-0.25, -0.2) is 8.42 Å². The summed E-state index contributed by atoms with van der Waals surface area (Å²) in [5.41, 5.74) is 0.315. The molecule has 118 valence electrons. The molecular weight excluding hydrogens is 302 g/mol. The van der Waals surface area contributed by atoms with Gasteiger partial charge in [-0.2, -0.15) is 9.57 Å². The van der Waals surface area contributed by atoms with Crippen LogP contribution in [0, 0.1) is 17.2 Å². The van der Waals surface area contributed by atoms with Crippen molar-refractivity contribution < 1.29 is 13.2 Å². The van der Waals surface area contributed by atoms with Gasteiger partial charge in [0, 0.05) is 32.1 Å². The van der Waals surface area contributed by atoms with Crippen LogP contribution < -0.4 is 0 Å². The quantitative estimate of drug-likeness (QED) is 0.833. The van der Waals surface area contributed by atoms with Crippen LogP contribution in [0.3, 0.4) is 0 Å². The van der Waals surface area contributed by atoms with Crippen molar-refractivity contribution in [1.29, 1.82) is 5.26 Å². The van der Waals surface area contributed by atoms with E-state index < -0.39 is 10.0 Å². The van der Waals surface area contributed by atoms with E-state index in [1.54, 1.807) is 17.0 Å². The molecule has 0 aliphatic carbocycles. The zero-order chi connectivity index (χ0) is 16.3. The molecule has 0 bridgehead atoms. The maximum absolute atomic E-state index is 12.6. The molecule has 1 heterocycles. The minimum Gasteiger partial charge on any atom is -0.340 e. The number of carbonyl (C=O) groups is 1. The topological polar surface area (TPSA) is 81.5 Å². The van der Waals surface area contributed by atoms with E-state index in [1.807, 2.05) is 19.9 Å². The first kappa shape index (κ1) is 16.5. The number of benzene rings is 1. The van der Waals surface area contributed by atoms with Crippen LogP contribution in [0.15, 0.2) is 29.2 Å². The summed E-state index contributed by atoms with van der Waals surface area (Å²) < 4.78 is 26.5. The zero-order valence-corrected chi connectivity index (χ0v) is 13.5. The van der Waals surface area contributed by atoms with Crippen molar-refractivity contribution >= 4 is 15.9 Å². The van der Waals surface area contributed by atoms with Crippen LogP contribution in [0.1, 0.15) is 19.4 Å². The van der Waals surface area contributed by atoms with Gasteiger partial charge in [-0.1, -0.05) is 19.9 Å². The molecule has 0 radical (unpaired) electrons. The molecule has 0 aromatic heterocycles. The third-order valence-corrected chi connectivity index (χ3v) is 5.54. The molecule has 6 nitrogen and oxygen atoms in total. The Morgan fingerprint density at radius 2 is 1.86 bits per heavy atom. The number of sulfonamides is 1. The van der Waals surface area contributed by atoms with Crippen LogP contribution >= 0.6 is 0 Å². The Morgan fingerprint density at radius 3 is 2.41 bits per heavy atom. The van der Waals surface area contributed by atoms with Gasteiger partial charge in [0.05, 0.1) is 16.5 Å². The molecule has 0 unspecified atom stereocenters. The lowest BCUT2D eigenvalue weighted by molar-refractivity contribution is -0.135. The third-order valence-electron chi connectivity index (χ3n) is 3.65. The molecule has 1 saturated heterocycles. The summed E-state index contributed by atoms with van der Waals surface area (Å²) in [5.74, 6) is -0.0426. The smallest absolute Gasteiger partial charge is 0.243 e. The standard InChI is InChI=1S/C15H19N3O3S/c1-12(2)15(19)17-6-8-18(9-7-17)22(20,21)14-5-3-4-13(10-14)11-16/h3-5,10,12H,6-9H2,1-2H3. The highest BCUT2D eigenvalue weighted by molar-refractivity contribution is 7.89. The summed E-state index contributed by atoms with van der Waals surface area (Å²) in [4.78, 5) is 13.7. The molecule has 1 fully saturated rings. The fourth-order valence-electron chi connectivity index (χ4n) is 2.39. The van der Waals surface area contributed by atoms with Crippen LogP contribution in [0.4, 0.5) is 0 Å². The molecule has 1 aliphatic heterocycles. The van der Waals surface area contributed by atoms with Crippen LogP contribution in [0.5, 0.6) is 0 Å². The maximum Gasteiger partial charge on any atom is 0.243 e. The van der Waals surface area contributed by atoms with Gasteiger partial charge < -0.3 is 4.90 Å². The Morgan fingerprint density at radius 1 is 1.23 bits per heavy atom. The Kier molecular flexibility index (Phi) is 4.84. The first-order valence-electron chi connectivity index (χ1n) is 7.15. The summed E-state index contributed by atoms with van der Waals surface area (Å²) in [6, 6.07) is 7.93. The number of carbonyl (C=O) groups excluding carboxylic acids is 1. The summed E-state index contributed by atoms with van der Waals surface area (Å²) in [6.45, 7) is 5.01. The van der Waals surface area contributed by atoms with E-state index in [2.05, 4.69) is 0 Å². The number of hydrogen-bond donors (Lipinski definition) is 0. The monoisotopic (exact) mass is 321 g/mol. The second-order valence-electron chi connectivity index (χ2n) is 5.52. The van der Waals surface area contributed by atoms with E-state index in [4.69, 9.17) is 5.26 Å². The second-order valence-corrected chi connectivity index (χ2v) is 7.46. The minimum atomic E-state index is -3.62. The fraction of sp³-hybridized carbons (Fsp3) is 0.467. The van der Waals surface area contributed by atoms with Crippen molar-refractivity contribution in [3.8, 4) is 6.07 Å². The number of piperazine rings is 1. The highest BCUT2D eigenvalue weighted by Crippen LogP contribution is 2.19. The molecule has 1 aliphatic rings. The molecule has 0 atom stereocenters. The average molecular weight is 321 g/mol. The summed E-state index contributed by atoms with van der Waals surface area (Å²) in [6.07, 6.45) is 0. The predicted molar refractivity (Wildman–Crippen MR) is 81.3 cm³/mol. The Bertz CT molecular complexity index is 699. The van der Waals surface area contributed by atoms with Crippen LogP contribution in [0.2, 0.25) is 0 Å². The van der Waals surface area contributed by atoms with E-state index in [0.29, 0.717) is 18.7 Å². The maximum atomic E-state index is 12.6. The van der Waals surface area contributed by atoms with E-state index >= 15 is 0 Å². The molecule has 0 saturated carbocycles. The van der Waals surface area contributed by atoms with Gasteiger partial charge in [-0.15, -0.1) is 0 Å². The van der Waals surface area contributed by atoms with Gasteiger partial charge in [-0.3, -0.25) is 4.79 Å².